The third-order valence-corrected chi connectivity index (χ3v) is 3.29. The largest absolute Gasteiger partial charge is 0.285 e. The van der Waals surface area contributed by atoms with Crippen LogP contribution in [-0.2, 0) is 10.1 Å². The van der Waals surface area contributed by atoms with Gasteiger partial charge in [-0.25, -0.2) is 0 Å². The van der Waals surface area contributed by atoms with Crippen molar-refractivity contribution in [2.75, 3.05) is 0 Å². The lowest BCUT2D eigenvalue weighted by Gasteiger charge is -2.17. The summed E-state index contributed by atoms with van der Waals surface area (Å²) in [5, 5.41) is -0.471. The van der Waals surface area contributed by atoms with Crippen LogP contribution >= 0.6 is 0 Å². The van der Waals surface area contributed by atoms with Crippen molar-refractivity contribution in [2.24, 2.45) is 0 Å². The van der Waals surface area contributed by atoms with Gasteiger partial charge in [0.2, 0.25) is 0 Å². The summed E-state index contributed by atoms with van der Waals surface area (Å²) in [6, 6.07) is 0. The highest BCUT2D eigenvalue weighted by molar-refractivity contribution is 7.86. The summed E-state index contributed by atoms with van der Waals surface area (Å²) < 4.78 is 29.7. The first-order valence-electron chi connectivity index (χ1n) is 3.57. The summed E-state index contributed by atoms with van der Waals surface area (Å²) in [6.45, 7) is 0. The second kappa shape index (κ2) is 4.01. The first kappa shape index (κ1) is 10.8. The van der Waals surface area contributed by atoms with Crippen LogP contribution in [0.15, 0.2) is 0 Å². The Bertz CT molecular complexity index is 194. The molecule has 0 amide bonds. The second-order valence-corrected chi connectivity index (χ2v) is 4.47. The van der Waals surface area contributed by atoms with Gasteiger partial charge in [0.05, 0.1) is 5.25 Å². The Morgan fingerprint density at radius 1 is 1.09 bits per heavy atom. The SMILES string of the molecule is F.O=S(=O)(O)C1CCCCC1. The normalized spacial score (nSPS) is 20.8. The molecular weight excluding hydrogens is 171 g/mol. The smallest absolute Gasteiger partial charge is 0.267 e. The molecule has 68 valence electrons. The van der Waals surface area contributed by atoms with Gasteiger partial charge in [0.15, 0.2) is 0 Å². The molecule has 1 aliphatic carbocycles. The van der Waals surface area contributed by atoms with Gasteiger partial charge >= 0.3 is 0 Å². The molecule has 0 radical (unpaired) electrons. The Kier molecular flexibility index (Phi) is 3.96. The molecule has 0 heterocycles. The van der Waals surface area contributed by atoms with E-state index >= 15 is 0 Å². The van der Waals surface area contributed by atoms with Crippen molar-refractivity contribution < 1.29 is 17.7 Å². The van der Waals surface area contributed by atoms with E-state index in [-0.39, 0.29) is 4.70 Å². The summed E-state index contributed by atoms with van der Waals surface area (Å²) >= 11 is 0. The molecule has 0 unspecified atom stereocenters. The zero-order valence-corrected chi connectivity index (χ0v) is 7.01. The van der Waals surface area contributed by atoms with Crippen LogP contribution < -0.4 is 0 Å². The number of hydrogen-bond donors (Lipinski definition) is 1. The summed E-state index contributed by atoms with van der Waals surface area (Å²) in [6.07, 6.45) is 4.25. The predicted octanol–water partition coefficient (Wildman–Crippen LogP) is 1.36. The average molecular weight is 184 g/mol. The minimum Gasteiger partial charge on any atom is -0.285 e. The lowest BCUT2D eigenvalue weighted by molar-refractivity contribution is 0.425. The first-order valence-corrected chi connectivity index (χ1v) is 5.07. The van der Waals surface area contributed by atoms with Crippen LogP contribution in [0.3, 0.4) is 0 Å². The van der Waals surface area contributed by atoms with Gasteiger partial charge in [0.25, 0.3) is 10.1 Å². The predicted molar refractivity (Wildman–Crippen MR) is 40.9 cm³/mol. The Morgan fingerprint density at radius 3 is 1.82 bits per heavy atom. The molecule has 1 N–H and O–H groups in total. The highest BCUT2D eigenvalue weighted by Gasteiger charge is 2.24. The van der Waals surface area contributed by atoms with Gasteiger partial charge in [-0.15, -0.1) is 0 Å². The first-order chi connectivity index (χ1) is 4.61. The van der Waals surface area contributed by atoms with Gasteiger partial charge in [0.1, 0.15) is 0 Å². The minimum atomic E-state index is -3.73. The average Bonchev–Trinajstić information content (AvgIpc) is 1.88. The topological polar surface area (TPSA) is 54.4 Å². The van der Waals surface area contributed by atoms with Crippen molar-refractivity contribution in [3.8, 4) is 0 Å². The third kappa shape index (κ3) is 3.16. The van der Waals surface area contributed by atoms with Crippen LogP contribution in [0.4, 0.5) is 4.70 Å². The van der Waals surface area contributed by atoms with Gasteiger partial charge in [-0.3, -0.25) is 9.26 Å². The molecule has 0 atom stereocenters. The molecule has 0 aromatic heterocycles. The molecule has 3 nitrogen and oxygen atoms in total. The van der Waals surface area contributed by atoms with Crippen molar-refractivity contribution in [3.63, 3.8) is 0 Å². The Labute approximate surface area is 65.9 Å². The number of rotatable bonds is 1. The quantitative estimate of drug-likeness (QED) is 0.626. The van der Waals surface area contributed by atoms with Crippen molar-refractivity contribution >= 4 is 10.1 Å². The van der Waals surface area contributed by atoms with E-state index in [9.17, 15) is 8.42 Å². The fraction of sp³-hybridized carbons (Fsp3) is 1.00. The van der Waals surface area contributed by atoms with E-state index in [4.69, 9.17) is 4.55 Å². The van der Waals surface area contributed by atoms with Crippen molar-refractivity contribution in [3.05, 3.63) is 0 Å². The molecular formula is C6H13FO3S. The van der Waals surface area contributed by atoms with Crippen LogP contribution in [-0.4, -0.2) is 18.2 Å². The molecule has 5 heteroatoms. The van der Waals surface area contributed by atoms with Crippen LogP contribution in [0.25, 0.3) is 0 Å². The van der Waals surface area contributed by atoms with Crippen molar-refractivity contribution in [1.29, 1.82) is 0 Å². The lowest BCUT2D eigenvalue weighted by Crippen LogP contribution is -2.22. The van der Waals surface area contributed by atoms with Crippen LogP contribution in [0, 0.1) is 0 Å². The second-order valence-electron chi connectivity index (χ2n) is 2.77. The monoisotopic (exact) mass is 184 g/mol. The Morgan fingerprint density at radius 2 is 1.55 bits per heavy atom. The highest BCUT2D eigenvalue weighted by atomic mass is 32.2. The van der Waals surface area contributed by atoms with Gasteiger partial charge in [-0.2, -0.15) is 8.42 Å². The van der Waals surface area contributed by atoms with E-state index in [1.165, 1.54) is 0 Å². The molecule has 11 heavy (non-hydrogen) atoms. The zero-order chi connectivity index (χ0) is 7.61. The number of hydrogen-bond acceptors (Lipinski definition) is 2. The maximum absolute atomic E-state index is 10.5. The van der Waals surface area contributed by atoms with Crippen molar-refractivity contribution in [2.45, 2.75) is 37.4 Å². The van der Waals surface area contributed by atoms with Gasteiger partial charge in [0, 0.05) is 0 Å². The Balaban J connectivity index is 0.000001000. The van der Waals surface area contributed by atoms with E-state index in [1.807, 2.05) is 0 Å². The van der Waals surface area contributed by atoms with Gasteiger partial charge in [-0.1, -0.05) is 19.3 Å². The molecule has 0 aliphatic heterocycles. The standard InChI is InChI=1S/C6H12O3S.FH/c7-10(8,9)6-4-2-1-3-5-6;/h6H,1-5H2,(H,7,8,9);1H. The van der Waals surface area contributed by atoms with Gasteiger partial charge in [-0.05, 0) is 12.8 Å². The Hall–Kier alpha value is -0.160. The summed E-state index contributed by atoms with van der Waals surface area (Å²) in [4.78, 5) is 0. The van der Waals surface area contributed by atoms with E-state index in [0.717, 1.165) is 19.3 Å². The summed E-state index contributed by atoms with van der Waals surface area (Å²) in [7, 11) is -3.73. The zero-order valence-electron chi connectivity index (χ0n) is 6.19. The molecule has 0 aromatic rings. The molecule has 0 bridgehead atoms. The maximum atomic E-state index is 10.5. The lowest BCUT2D eigenvalue weighted by atomic mass is 10.0. The maximum Gasteiger partial charge on any atom is 0.267 e. The van der Waals surface area contributed by atoms with Crippen molar-refractivity contribution in [1.82, 2.24) is 0 Å². The van der Waals surface area contributed by atoms with E-state index < -0.39 is 15.4 Å². The summed E-state index contributed by atoms with van der Waals surface area (Å²) in [5.74, 6) is 0. The fourth-order valence-corrected chi connectivity index (χ4v) is 2.29. The molecule has 0 spiro atoms. The van der Waals surface area contributed by atoms with Gasteiger partial charge < -0.3 is 0 Å². The molecule has 1 aliphatic rings. The van der Waals surface area contributed by atoms with Crippen LogP contribution in [0.5, 0.6) is 0 Å². The molecule has 0 saturated heterocycles. The fourth-order valence-electron chi connectivity index (χ4n) is 1.36. The van der Waals surface area contributed by atoms with Crippen LogP contribution in [0.2, 0.25) is 0 Å². The van der Waals surface area contributed by atoms with Crippen LogP contribution in [0.1, 0.15) is 32.1 Å². The van der Waals surface area contributed by atoms with E-state index in [2.05, 4.69) is 0 Å². The summed E-state index contributed by atoms with van der Waals surface area (Å²) in [5.41, 5.74) is 0. The highest BCUT2D eigenvalue weighted by Crippen LogP contribution is 2.22. The molecule has 1 rings (SSSR count). The molecule has 1 fully saturated rings. The third-order valence-electron chi connectivity index (χ3n) is 1.97. The minimum absolute atomic E-state index is 0. The number of halogens is 1. The molecule has 1 saturated carbocycles. The van der Waals surface area contributed by atoms with E-state index in [1.54, 1.807) is 0 Å². The van der Waals surface area contributed by atoms with E-state index in [0.29, 0.717) is 12.8 Å². The molecule has 0 aromatic carbocycles.